The Balaban J connectivity index is 1.28. The minimum Gasteiger partial charge on any atom is -0.492 e. The van der Waals surface area contributed by atoms with Gasteiger partial charge in [0.1, 0.15) is 23.9 Å². The third-order valence-electron chi connectivity index (χ3n) is 7.04. The van der Waals surface area contributed by atoms with Gasteiger partial charge < -0.3 is 44.6 Å². The maximum absolute atomic E-state index is 13.2. The van der Waals surface area contributed by atoms with Crippen LogP contribution in [0, 0.1) is 5.82 Å². The Morgan fingerprint density at radius 1 is 1.11 bits per heavy atom. The summed E-state index contributed by atoms with van der Waals surface area (Å²) in [6.07, 6.45) is -2.38. The Kier molecular flexibility index (Phi) is 13.3. The summed E-state index contributed by atoms with van der Waals surface area (Å²) >= 11 is 5.78. The minimum atomic E-state index is -5.19. The Hall–Kier alpha value is -2.87. The van der Waals surface area contributed by atoms with Crippen molar-refractivity contribution in [1.29, 1.82) is 0 Å². The van der Waals surface area contributed by atoms with Gasteiger partial charge >= 0.3 is 7.60 Å². The highest BCUT2D eigenvalue weighted by Crippen LogP contribution is 2.73. The van der Waals surface area contributed by atoms with Crippen molar-refractivity contribution in [2.24, 2.45) is 0 Å². The van der Waals surface area contributed by atoms with Crippen LogP contribution < -0.4 is 20.1 Å². The van der Waals surface area contributed by atoms with E-state index in [4.69, 9.17) is 25.8 Å². The van der Waals surface area contributed by atoms with Crippen molar-refractivity contribution >= 4 is 44.2 Å². The van der Waals surface area contributed by atoms with Crippen LogP contribution >= 0.6 is 26.6 Å². The van der Waals surface area contributed by atoms with Crippen molar-refractivity contribution in [1.82, 2.24) is 10.6 Å². The van der Waals surface area contributed by atoms with Crippen molar-refractivity contribution < 1.29 is 61.9 Å². The summed E-state index contributed by atoms with van der Waals surface area (Å²) in [5.41, 5.74) is 0.999. The highest BCUT2D eigenvalue weighted by atomic mass is 35.5. The van der Waals surface area contributed by atoms with E-state index in [1.807, 2.05) is 0 Å². The molecule has 4 atom stereocenters. The number of fused-ring (bicyclic) bond motifs is 1. The number of alkyl halides is 1. The molecule has 0 spiro atoms. The molecule has 0 bridgehead atoms. The molecule has 3 rings (SSSR count). The second kappa shape index (κ2) is 16.3. The number of nitrogens with one attached hydrogen (secondary N) is 2. The van der Waals surface area contributed by atoms with Crippen molar-refractivity contribution in [3.8, 4) is 11.5 Å². The summed E-state index contributed by atoms with van der Waals surface area (Å²) in [7, 11) is -9.63. The SMILES string of the molecule is CP(=O)(O)C(Cl)(CCC(O)CNC(=O)CCOCCNC(=O)COc1ccc2c(c1)OCC(c1ccc(F)cc1)C2=O)P(=O)(O)O. The van der Waals surface area contributed by atoms with Crippen molar-refractivity contribution in [3.63, 3.8) is 0 Å². The zero-order valence-corrected chi connectivity index (χ0v) is 27.3. The van der Waals surface area contributed by atoms with E-state index in [-0.39, 0.29) is 58.1 Å². The van der Waals surface area contributed by atoms with Crippen molar-refractivity contribution in [2.75, 3.05) is 46.2 Å². The standard InChI is InChI=1S/C28H36ClFN2O12P2/c1-45(37,38)28(29,46(39,40)41)10-8-20(33)15-32-25(34)9-12-42-13-11-31-26(35)17-43-21-6-7-22-24(14-21)44-16-23(27(22)36)18-2-4-19(30)5-3-18/h2-7,14,20,23,33H,8-13,15-17H2,1H3,(H,31,35)(H,32,34)(H,37,38)(H2,39,40,41). The highest BCUT2D eigenvalue weighted by Gasteiger charge is 2.56. The van der Waals surface area contributed by atoms with Gasteiger partial charge in [-0.25, -0.2) is 4.39 Å². The van der Waals surface area contributed by atoms with Gasteiger partial charge in [-0.15, -0.1) is 0 Å². The van der Waals surface area contributed by atoms with Gasteiger partial charge in [-0.05, 0) is 42.7 Å². The molecule has 14 nitrogen and oxygen atoms in total. The van der Waals surface area contributed by atoms with Crippen LogP contribution in [-0.4, -0.2) is 94.0 Å². The Morgan fingerprint density at radius 2 is 1.80 bits per heavy atom. The summed E-state index contributed by atoms with van der Waals surface area (Å²) in [5, 5.41) is 15.0. The smallest absolute Gasteiger partial charge is 0.356 e. The Labute approximate surface area is 269 Å². The molecule has 0 aliphatic carbocycles. The third kappa shape index (κ3) is 10.3. The fourth-order valence-electron chi connectivity index (χ4n) is 4.39. The van der Waals surface area contributed by atoms with Gasteiger partial charge in [0.05, 0.1) is 30.8 Å². The third-order valence-corrected chi connectivity index (χ3v) is 13.3. The molecule has 1 heterocycles. The van der Waals surface area contributed by atoms with Crippen LogP contribution in [0.4, 0.5) is 4.39 Å². The monoisotopic (exact) mass is 708 g/mol. The number of ketones is 1. The van der Waals surface area contributed by atoms with Gasteiger partial charge in [-0.3, -0.25) is 23.5 Å². The topological polar surface area (TPSA) is 218 Å². The zero-order valence-electron chi connectivity index (χ0n) is 24.8. The number of aliphatic hydroxyl groups is 1. The average Bonchev–Trinajstić information content (AvgIpc) is 2.99. The van der Waals surface area contributed by atoms with Gasteiger partial charge in [0.2, 0.25) is 17.6 Å². The molecular formula is C28H36ClFN2O12P2. The maximum atomic E-state index is 13.2. The molecule has 254 valence electrons. The van der Waals surface area contributed by atoms with Crippen LogP contribution in [0.15, 0.2) is 42.5 Å². The zero-order chi connectivity index (χ0) is 34.1. The molecule has 0 saturated heterocycles. The van der Waals surface area contributed by atoms with Gasteiger partial charge in [0.25, 0.3) is 5.91 Å². The first-order valence-corrected chi connectivity index (χ1v) is 18.1. The van der Waals surface area contributed by atoms with Crippen LogP contribution in [0.5, 0.6) is 11.5 Å². The van der Waals surface area contributed by atoms with Gasteiger partial charge in [-0.2, -0.15) is 0 Å². The molecule has 46 heavy (non-hydrogen) atoms. The summed E-state index contributed by atoms with van der Waals surface area (Å²) in [5.74, 6) is -1.42. The lowest BCUT2D eigenvalue weighted by Crippen LogP contribution is -2.34. The van der Waals surface area contributed by atoms with Crippen LogP contribution in [0.3, 0.4) is 0 Å². The quantitative estimate of drug-likeness (QED) is 0.0793. The summed E-state index contributed by atoms with van der Waals surface area (Å²) in [4.78, 5) is 65.4. The van der Waals surface area contributed by atoms with Crippen LogP contribution in [0.1, 0.15) is 41.1 Å². The van der Waals surface area contributed by atoms with Crippen molar-refractivity contribution in [2.45, 2.75) is 35.6 Å². The fourth-order valence-corrected chi connectivity index (χ4v) is 7.40. The predicted octanol–water partition coefficient (Wildman–Crippen LogP) is 2.31. The van der Waals surface area contributed by atoms with Gasteiger partial charge in [0, 0.05) is 32.2 Å². The first-order chi connectivity index (χ1) is 21.5. The highest BCUT2D eigenvalue weighted by molar-refractivity contribution is 7.77. The molecule has 0 fully saturated rings. The van der Waals surface area contributed by atoms with Crippen LogP contribution in [0.2, 0.25) is 0 Å². The van der Waals surface area contributed by atoms with Gasteiger partial charge in [0.15, 0.2) is 12.4 Å². The molecule has 2 aromatic carbocycles. The van der Waals surface area contributed by atoms with E-state index in [2.05, 4.69) is 10.6 Å². The largest absolute Gasteiger partial charge is 0.492 e. The molecule has 0 radical (unpaired) electrons. The number of rotatable bonds is 17. The number of aliphatic hydroxyl groups excluding tert-OH is 1. The fraction of sp³-hybridized carbons (Fsp3) is 0.464. The van der Waals surface area contributed by atoms with E-state index in [1.165, 1.54) is 18.2 Å². The molecule has 2 aromatic rings. The molecule has 0 aromatic heterocycles. The predicted molar refractivity (Wildman–Crippen MR) is 164 cm³/mol. The molecule has 0 saturated carbocycles. The van der Waals surface area contributed by atoms with E-state index in [0.717, 1.165) is 6.66 Å². The molecule has 2 amide bonds. The molecule has 4 unspecified atom stereocenters. The minimum absolute atomic E-state index is 0.00329. The molecule has 1 aliphatic rings. The number of carbonyl (C=O) groups is 3. The lowest BCUT2D eigenvalue weighted by molar-refractivity contribution is -0.124. The second-order valence-corrected chi connectivity index (χ2v) is 16.5. The molecule has 6 N–H and O–H groups in total. The number of amides is 2. The van der Waals surface area contributed by atoms with Crippen LogP contribution in [0.25, 0.3) is 0 Å². The lowest BCUT2D eigenvalue weighted by Gasteiger charge is -2.30. The van der Waals surface area contributed by atoms with Crippen molar-refractivity contribution in [3.05, 3.63) is 59.4 Å². The maximum Gasteiger partial charge on any atom is 0.356 e. The number of hydrogen-bond donors (Lipinski definition) is 6. The first-order valence-electron chi connectivity index (χ1n) is 14.1. The summed E-state index contributed by atoms with van der Waals surface area (Å²) < 4.78 is 50.5. The number of benzene rings is 2. The Morgan fingerprint density at radius 3 is 2.46 bits per heavy atom. The number of ether oxygens (including phenoxy) is 3. The van der Waals surface area contributed by atoms with Gasteiger partial charge in [-0.1, -0.05) is 23.7 Å². The van der Waals surface area contributed by atoms with E-state index in [1.54, 1.807) is 24.3 Å². The Bertz CT molecular complexity index is 1460. The lowest BCUT2D eigenvalue weighted by atomic mass is 9.89. The first kappa shape index (κ1) is 37.6. The van der Waals surface area contributed by atoms with E-state index >= 15 is 0 Å². The number of hydrogen-bond acceptors (Lipinski definition) is 9. The number of halogens is 2. The van der Waals surface area contributed by atoms with Crippen LogP contribution in [-0.2, 0) is 23.5 Å². The van der Waals surface area contributed by atoms with E-state index in [9.17, 15) is 47.7 Å². The molecular weight excluding hydrogens is 673 g/mol. The number of carbonyl (C=O) groups excluding carboxylic acids is 3. The van der Waals surface area contributed by atoms with E-state index in [0.29, 0.717) is 22.6 Å². The normalized spacial score (nSPS) is 17.9. The molecule has 1 aliphatic heterocycles. The van der Waals surface area contributed by atoms with E-state index < -0.39 is 55.4 Å². The summed E-state index contributed by atoms with van der Waals surface area (Å²) in [6.45, 7) is 0.408. The second-order valence-electron chi connectivity index (χ2n) is 10.6. The summed E-state index contributed by atoms with van der Waals surface area (Å²) in [6, 6.07) is 10.3. The average molecular weight is 709 g/mol. The molecule has 18 heteroatoms. The number of Topliss-reactive ketones (excluding diaryl/α,β-unsaturated/α-hetero) is 1.